The third-order valence-corrected chi connectivity index (χ3v) is 10.0. The summed E-state index contributed by atoms with van der Waals surface area (Å²) in [6.07, 6.45) is 42.1. The largest absolute Gasteiger partial charge is 1.00 e. The van der Waals surface area contributed by atoms with Crippen molar-refractivity contribution in [3.05, 3.63) is 0 Å². The minimum atomic E-state index is 0. The Hall–Kier alpha value is -0.770. The van der Waals surface area contributed by atoms with Crippen molar-refractivity contribution in [3.63, 3.8) is 0 Å². The molecule has 1 rings (SSSR count). The molecule has 0 radical (unpaired) electrons. The van der Waals surface area contributed by atoms with Crippen molar-refractivity contribution in [2.75, 3.05) is 20.1 Å². The van der Waals surface area contributed by atoms with Crippen LogP contribution >= 0.6 is 0 Å². The van der Waals surface area contributed by atoms with E-state index in [-0.39, 0.29) is 24.5 Å². The van der Waals surface area contributed by atoms with Crippen molar-refractivity contribution in [1.82, 2.24) is 10.2 Å². The normalized spacial score (nSPS) is 13.8. The standard InChI is InChI=1S/C40H79N3O.ClH/c1-5-7-9-11-13-15-17-19-20-21-23-25-27-29-31-33-35-40-42(4)36-37-43(40)38(3)41-39(44)34-32-30-28-26-24-22-18-16-14-12-10-8-6-2;/h38H,5-37H2,1-4H3;1H. The molecule has 1 atom stereocenters. The number of hydrogen-bond acceptors (Lipinski definition) is 2. The van der Waals surface area contributed by atoms with Gasteiger partial charge in [-0.25, -0.2) is 4.90 Å². The lowest BCUT2D eigenvalue weighted by atomic mass is 10.0. The van der Waals surface area contributed by atoms with E-state index in [2.05, 4.69) is 42.6 Å². The number of nitrogens with one attached hydrogen (secondary N) is 1. The Kier molecular flexibility index (Phi) is 32.6. The Morgan fingerprint density at radius 1 is 0.600 bits per heavy atom. The molecule has 1 unspecified atom stereocenters. The Bertz CT molecular complexity index is 682. The first-order valence-corrected chi connectivity index (χ1v) is 20.2. The fraction of sp³-hybridized carbons (Fsp3) is 0.950. The summed E-state index contributed by atoms with van der Waals surface area (Å²) in [6.45, 7) is 8.87. The molecule has 0 aromatic heterocycles. The molecule has 0 spiro atoms. The first kappa shape index (κ1) is 44.2. The van der Waals surface area contributed by atoms with Gasteiger partial charge in [-0.3, -0.25) is 9.37 Å². The summed E-state index contributed by atoms with van der Waals surface area (Å²) < 4.78 is 2.42. The predicted molar refractivity (Wildman–Crippen MR) is 195 cm³/mol. The Morgan fingerprint density at radius 3 is 1.31 bits per heavy atom. The second-order valence-electron chi connectivity index (χ2n) is 14.3. The number of hydrogen-bond donors (Lipinski definition) is 1. The van der Waals surface area contributed by atoms with Gasteiger partial charge in [0.25, 0.3) is 0 Å². The van der Waals surface area contributed by atoms with Gasteiger partial charge in [-0.15, -0.1) is 0 Å². The van der Waals surface area contributed by atoms with Crippen LogP contribution in [-0.4, -0.2) is 47.5 Å². The minimum Gasteiger partial charge on any atom is -1.00 e. The fourth-order valence-electron chi connectivity index (χ4n) is 7.00. The van der Waals surface area contributed by atoms with Crippen LogP contribution in [0.2, 0.25) is 0 Å². The average molecular weight is 655 g/mol. The maximum atomic E-state index is 12.7. The van der Waals surface area contributed by atoms with Crippen LogP contribution in [0.1, 0.15) is 220 Å². The highest BCUT2D eigenvalue weighted by atomic mass is 35.5. The minimum absolute atomic E-state index is 0. The lowest BCUT2D eigenvalue weighted by Gasteiger charge is -2.22. The van der Waals surface area contributed by atoms with Crippen LogP contribution in [-0.2, 0) is 4.79 Å². The van der Waals surface area contributed by atoms with E-state index in [1.54, 1.807) is 0 Å². The van der Waals surface area contributed by atoms with Crippen molar-refractivity contribution in [3.8, 4) is 0 Å². The van der Waals surface area contributed by atoms with Gasteiger partial charge in [0.15, 0.2) is 6.17 Å². The average Bonchev–Trinajstić information content (AvgIpc) is 3.39. The molecule has 0 aromatic carbocycles. The number of rotatable bonds is 33. The lowest BCUT2D eigenvalue weighted by Crippen LogP contribution is -3.00. The maximum absolute atomic E-state index is 12.7. The first-order chi connectivity index (χ1) is 21.6. The molecular weight excluding hydrogens is 574 g/mol. The molecule has 268 valence electrons. The van der Waals surface area contributed by atoms with Gasteiger partial charge in [-0.1, -0.05) is 187 Å². The van der Waals surface area contributed by atoms with E-state index in [0.29, 0.717) is 6.42 Å². The van der Waals surface area contributed by atoms with Gasteiger partial charge in [0.2, 0.25) is 11.7 Å². The monoisotopic (exact) mass is 654 g/mol. The van der Waals surface area contributed by atoms with Gasteiger partial charge in [0.1, 0.15) is 13.1 Å². The van der Waals surface area contributed by atoms with E-state index in [4.69, 9.17) is 0 Å². The predicted octanol–water partition coefficient (Wildman–Crippen LogP) is 8.94. The van der Waals surface area contributed by atoms with E-state index >= 15 is 0 Å². The van der Waals surface area contributed by atoms with Crippen LogP contribution in [0, 0.1) is 0 Å². The van der Waals surface area contributed by atoms with Crippen molar-refractivity contribution in [1.29, 1.82) is 0 Å². The summed E-state index contributed by atoms with van der Waals surface area (Å²) in [6, 6.07) is 0. The van der Waals surface area contributed by atoms with Crippen LogP contribution in [0.4, 0.5) is 0 Å². The highest BCUT2D eigenvalue weighted by Gasteiger charge is 2.32. The van der Waals surface area contributed by atoms with E-state index in [1.807, 2.05) is 0 Å². The van der Waals surface area contributed by atoms with Crippen LogP contribution in [0.5, 0.6) is 0 Å². The summed E-state index contributed by atoms with van der Waals surface area (Å²) in [5.41, 5.74) is 0. The molecule has 1 amide bonds. The van der Waals surface area contributed by atoms with Gasteiger partial charge in [-0.2, -0.15) is 0 Å². The molecule has 0 saturated carbocycles. The molecule has 0 bridgehead atoms. The summed E-state index contributed by atoms with van der Waals surface area (Å²) in [5.74, 6) is 1.67. The van der Waals surface area contributed by atoms with E-state index in [9.17, 15) is 4.79 Å². The van der Waals surface area contributed by atoms with Crippen LogP contribution in [0.15, 0.2) is 0 Å². The topological polar surface area (TPSA) is 35.4 Å². The molecule has 5 heteroatoms. The van der Waals surface area contributed by atoms with Crippen LogP contribution in [0.25, 0.3) is 0 Å². The molecule has 1 N–H and O–H groups in total. The number of amidine groups is 1. The van der Waals surface area contributed by atoms with E-state index in [1.165, 1.54) is 186 Å². The number of likely N-dealkylation sites (N-methyl/N-ethyl adjacent to an activating group) is 1. The maximum Gasteiger partial charge on any atom is 0.248 e. The quantitative estimate of drug-likeness (QED) is 0.0567. The van der Waals surface area contributed by atoms with Crippen molar-refractivity contribution >= 4 is 11.7 Å². The molecule has 0 fully saturated rings. The Balaban J connectivity index is 0.0000194. The highest BCUT2D eigenvalue weighted by molar-refractivity contribution is 5.80. The number of halogens is 1. The Labute approximate surface area is 289 Å². The van der Waals surface area contributed by atoms with Gasteiger partial charge in [0.05, 0.1) is 7.05 Å². The number of nitrogens with zero attached hydrogens (tertiary/aromatic N) is 2. The number of unbranched alkanes of at least 4 members (excludes halogenated alkanes) is 27. The second-order valence-corrected chi connectivity index (χ2v) is 14.3. The van der Waals surface area contributed by atoms with Crippen LogP contribution < -0.4 is 17.7 Å². The van der Waals surface area contributed by atoms with Gasteiger partial charge >= 0.3 is 0 Å². The lowest BCUT2D eigenvalue weighted by molar-refractivity contribution is -0.487. The number of carbonyl (C=O) groups is 1. The summed E-state index contributed by atoms with van der Waals surface area (Å²) in [5, 5.41) is 3.31. The molecular formula is C40H80ClN3O. The zero-order chi connectivity index (χ0) is 31.9. The number of carbonyl (C=O) groups excluding carboxylic acids is 1. The van der Waals surface area contributed by atoms with Crippen molar-refractivity contribution in [2.45, 2.75) is 226 Å². The molecule has 0 aromatic rings. The van der Waals surface area contributed by atoms with E-state index < -0.39 is 0 Å². The zero-order valence-electron chi connectivity index (χ0n) is 31.1. The summed E-state index contributed by atoms with van der Waals surface area (Å²) in [7, 11) is 2.23. The SMILES string of the molecule is CCCCCCCCCCCCCCCCCCC1=[N+](C)CCN1C(C)NC(=O)CCCCCCCCCCCCCCC.[Cl-]. The molecule has 0 saturated heterocycles. The molecule has 1 heterocycles. The molecule has 45 heavy (non-hydrogen) atoms. The van der Waals surface area contributed by atoms with Crippen molar-refractivity contribution in [2.24, 2.45) is 0 Å². The zero-order valence-corrected chi connectivity index (χ0v) is 31.8. The highest BCUT2D eigenvalue weighted by Crippen LogP contribution is 2.17. The molecule has 1 aliphatic heterocycles. The first-order valence-electron chi connectivity index (χ1n) is 20.2. The van der Waals surface area contributed by atoms with Crippen molar-refractivity contribution < 1.29 is 21.8 Å². The van der Waals surface area contributed by atoms with Gasteiger partial charge in [0, 0.05) is 12.8 Å². The molecule has 1 aliphatic rings. The summed E-state index contributed by atoms with van der Waals surface area (Å²) >= 11 is 0. The van der Waals surface area contributed by atoms with Gasteiger partial charge < -0.3 is 17.7 Å². The second kappa shape index (κ2) is 33.1. The smallest absolute Gasteiger partial charge is 0.248 e. The third-order valence-electron chi connectivity index (χ3n) is 10.0. The van der Waals surface area contributed by atoms with Gasteiger partial charge in [-0.05, 0) is 19.8 Å². The third kappa shape index (κ3) is 25.9. The molecule has 4 nitrogen and oxygen atoms in total. The number of amides is 1. The fourth-order valence-corrected chi connectivity index (χ4v) is 7.00. The summed E-state index contributed by atoms with van der Waals surface area (Å²) in [4.78, 5) is 15.1. The van der Waals surface area contributed by atoms with Crippen LogP contribution in [0.3, 0.4) is 0 Å². The molecule has 0 aliphatic carbocycles. The Morgan fingerprint density at radius 2 is 0.933 bits per heavy atom. The van der Waals surface area contributed by atoms with E-state index in [0.717, 1.165) is 25.9 Å².